The first-order valence-electron chi connectivity index (χ1n) is 27.2. The Morgan fingerprint density at radius 2 is 1.79 bits per heavy atom. The summed E-state index contributed by atoms with van der Waals surface area (Å²) < 4.78 is 74.6. The van der Waals surface area contributed by atoms with Gasteiger partial charge in [-0.25, -0.2) is 27.2 Å². The molecule has 3 aliphatic rings. The van der Waals surface area contributed by atoms with Gasteiger partial charge in [0.2, 0.25) is 5.91 Å². The summed E-state index contributed by atoms with van der Waals surface area (Å²) in [5.74, 6) is -5.84. The summed E-state index contributed by atoms with van der Waals surface area (Å²) in [6, 6.07) is 10.5. The lowest BCUT2D eigenvalue weighted by molar-refractivity contribution is -0.296. The Hall–Kier alpha value is -5.73. The maximum absolute atomic E-state index is 14.9. The van der Waals surface area contributed by atoms with Gasteiger partial charge >= 0.3 is 5.97 Å². The molecule has 6 heterocycles. The van der Waals surface area contributed by atoms with E-state index in [2.05, 4.69) is 30.5 Å². The third kappa shape index (κ3) is 14.8. The van der Waals surface area contributed by atoms with Crippen molar-refractivity contribution in [3.63, 3.8) is 0 Å². The highest BCUT2D eigenvalue weighted by Gasteiger charge is 2.53. The summed E-state index contributed by atoms with van der Waals surface area (Å²) in [5, 5.41) is 42.2. The number of hydrogen-bond acceptors (Lipinski definition) is 19. The number of benzene rings is 1. The number of nitrogens with zero attached hydrogens (tertiary/aromatic N) is 9. The van der Waals surface area contributed by atoms with E-state index < -0.39 is 118 Å². The summed E-state index contributed by atoms with van der Waals surface area (Å²) in [5.41, 5.74) is -0.247. The summed E-state index contributed by atoms with van der Waals surface area (Å²) in [6.45, 7) is 13.9. The van der Waals surface area contributed by atoms with E-state index in [1.807, 2.05) is 31.9 Å². The second-order valence-electron chi connectivity index (χ2n) is 22.2. The quantitative estimate of drug-likeness (QED) is 0.0843. The molecule has 7 rings (SSSR count). The lowest BCUT2D eigenvalue weighted by Gasteiger charge is -2.48. The summed E-state index contributed by atoms with van der Waals surface area (Å²) in [6.07, 6.45) is 2.34. The van der Waals surface area contributed by atoms with Gasteiger partial charge in [-0.15, -0.1) is 5.10 Å². The predicted molar refractivity (Wildman–Crippen MR) is 291 cm³/mol. The van der Waals surface area contributed by atoms with Crippen LogP contribution in [0.5, 0.6) is 0 Å². The minimum atomic E-state index is -3.39. The highest BCUT2D eigenvalue weighted by molar-refractivity contribution is 7.90. The fraction of sp³-hybridized carbons (Fsp3) is 0.625. The third-order valence-electron chi connectivity index (χ3n) is 15.7. The SMILES string of the molecule is CC[C@H]1OC(=O)[C@H](C)C(=O)[C@H](C)[C@@H](O[C@@H]2O[C@H](C)C[C@H](N(C)CCc3cn([C@H](CF)Cc4ccc(S(C)(=O)=O)cc4)nn3)[C@H]2O)[C@@]2(C)C[C@@H](C)/C(=N\C(C)=O)[C@H](C)[C@@H](OC/C(=N\OCc3ccc(-n4cccn4)cn3)CO2)[C@]1(C)O. The zero-order valence-corrected chi connectivity index (χ0v) is 48.4. The Kier molecular flexibility index (Phi) is 20.5. The molecule has 1 amide bonds. The van der Waals surface area contributed by atoms with E-state index in [1.165, 1.54) is 37.6 Å². The first-order chi connectivity index (χ1) is 37.8. The lowest BCUT2D eigenvalue weighted by atomic mass is 9.73. The van der Waals surface area contributed by atoms with Crippen LogP contribution in [-0.2, 0) is 72.2 Å². The van der Waals surface area contributed by atoms with Crippen LogP contribution >= 0.6 is 0 Å². The molecule has 0 unspecified atom stereocenters. The molecule has 22 nitrogen and oxygen atoms in total. The van der Waals surface area contributed by atoms with Crippen molar-refractivity contribution < 1.29 is 65.9 Å². The Morgan fingerprint density at radius 1 is 1.05 bits per heavy atom. The fourth-order valence-corrected chi connectivity index (χ4v) is 11.8. The van der Waals surface area contributed by atoms with Gasteiger partial charge in [-0.3, -0.25) is 19.4 Å². The molecule has 4 aromatic rings. The number of carbonyl (C=O) groups is 3. The number of halogens is 1. The van der Waals surface area contributed by atoms with Crippen LogP contribution < -0.4 is 0 Å². The number of rotatable bonds is 16. The number of ether oxygens (including phenoxy) is 5. The van der Waals surface area contributed by atoms with Crippen LogP contribution in [0.4, 0.5) is 4.39 Å². The number of pyridine rings is 1. The molecule has 0 spiro atoms. The smallest absolute Gasteiger partial charge is 0.316 e. The number of esters is 1. The van der Waals surface area contributed by atoms with Crippen molar-refractivity contribution in [3.05, 3.63) is 84.2 Å². The van der Waals surface area contributed by atoms with Crippen molar-refractivity contribution in [3.8, 4) is 5.69 Å². The number of Topliss-reactive ketones (excluding diaryl/α,β-unsaturated/α-hetero) is 1. The molecule has 3 saturated heterocycles. The molecule has 14 atom stereocenters. The molecule has 24 heteroatoms. The number of sulfone groups is 1. The van der Waals surface area contributed by atoms with Gasteiger partial charge in [0.25, 0.3) is 0 Å². The minimum Gasteiger partial charge on any atom is -0.459 e. The number of carbonyl (C=O) groups excluding carboxylic acids is 3. The van der Waals surface area contributed by atoms with Crippen molar-refractivity contribution in [2.75, 3.05) is 39.7 Å². The molecule has 2 N–H and O–H groups in total. The van der Waals surface area contributed by atoms with Crippen LogP contribution in [0.1, 0.15) is 105 Å². The second kappa shape index (κ2) is 26.5. The van der Waals surface area contributed by atoms with Gasteiger partial charge in [0, 0.05) is 68.3 Å². The number of cyclic esters (lactones) is 1. The lowest BCUT2D eigenvalue weighted by Crippen LogP contribution is -2.60. The van der Waals surface area contributed by atoms with Gasteiger partial charge in [0.15, 0.2) is 28.5 Å². The highest BCUT2D eigenvalue weighted by Crippen LogP contribution is 2.40. The number of oxime groups is 1. The van der Waals surface area contributed by atoms with Crippen molar-refractivity contribution in [2.45, 2.75) is 166 Å². The number of alkyl halides is 1. The van der Waals surface area contributed by atoms with Gasteiger partial charge in [-0.05, 0) is 102 Å². The predicted octanol–water partition coefficient (Wildman–Crippen LogP) is 5.06. The molecular formula is C56H78FN9O13S. The van der Waals surface area contributed by atoms with Gasteiger partial charge in [-0.1, -0.05) is 50.2 Å². The van der Waals surface area contributed by atoms with Gasteiger partial charge in [0.1, 0.15) is 36.1 Å². The zero-order valence-electron chi connectivity index (χ0n) is 47.5. The van der Waals surface area contributed by atoms with Gasteiger partial charge in [0.05, 0.1) is 71.3 Å². The average molecular weight is 1140 g/mol. The molecule has 3 aliphatic heterocycles. The number of aliphatic hydroxyl groups excluding tert-OH is 1. The zero-order chi connectivity index (χ0) is 58.3. The molecule has 0 saturated carbocycles. The van der Waals surface area contributed by atoms with Gasteiger partial charge < -0.3 is 43.6 Å². The summed E-state index contributed by atoms with van der Waals surface area (Å²) in [4.78, 5) is 59.2. The van der Waals surface area contributed by atoms with E-state index in [0.717, 1.165) is 17.5 Å². The van der Waals surface area contributed by atoms with E-state index in [4.69, 9.17) is 28.5 Å². The molecule has 1 aromatic carbocycles. The standard InChI is InChI=1S/C56H78FN9O13S/c1-12-47-56(9,71)52-35(4)48(60-38(7)67)33(2)26-55(8,75-31-42(30-74-52)62-76-32-41-16-17-43(28-58-41)65-22-13-21-59-65)51(36(5)49(68)37(6)53(70)78-47)79-54-50(69)46(24-34(3)77-54)64(10)23-20-40-29-66(63-61-40)44(27-57)25-39-14-18-45(19-15-39)80(11,72)73/h13-19,21-22,28-29,33-37,44,46-47,50-52,54,69,71H,12,20,23-27,30-32H2,1-11H3/b60-48+,62-42+/t33-,34-,35+,36+,37-,44+,46+,47-,50-,51-,52-,54+,55-,56-/m1/s1. The fourth-order valence-electron chi connectivity index (χ4n) is 11.2. The molecule has 80 heavy (non-hydrogen) atoms. The normalized spacial score (nSPS) is 31.8. The van der Waals surface area contributed by atoms with Gasteiger partial charge in [-0.2, -0.15) is 5.10 Å². The van der Waals surface area contributed by atoms with Crippen LogP contribution in [0, 0.1) is 23.7 Å². The molecule has 3 fully saturated rings. The largest absolute Gasteiger partial charge is 0.459 e. The maximum Gasteiger partial charge on any atom is 0.316 e. The molecule has 3 aromatic heterocycles. The first-order valence-corrected chi connectivity index (χ1v) is 29.1. The maximum atomic E-state index is 14.9. The highest BCUT2D eigenvalue weighted by atomic mass is 32.2. The Balaban J connectivity index is 1.19. The Morgan fingerprint density at radius 3 is 2.42 bits per heavy atom. The molecular weight excluding hydrogens is 1060 g/mol. The van der Waals surface area contributed by atoms with Crippen molar-refractivity contribution in [1.29, 1.82) is 0 Å². The van der Waals surface area contributed by atoms with Crippen LogP contribution in [0.3, 0.4) is 0 Å². The van der Waals surface area contributed by atoms with Crippen LogP contribution in [0.25, 0.3) is 5.69 Å². The number of likely N-dealkylation sites (N-methyl/N-ethyl adjacent to an activating group) is 1. The summed E-state index contributed by atoms with van der Waals surface area (Å²) >= 11 is 0. The molecule has 438 valence electrons. The number of hydrogen-bond donors (Lipinski definition) is 2. The van der Waals surface area contributed by atoms with E-state index in [0.29, 0.717) is 36.5 Å². The number of aliphatic hydroxyl groups is 2. The number of aromatic nitrogens is 6. The Labute approximate surface area is 467 Å². The monoisotopic (exact) mass is 1140 g/mol. The summed E-state index contributed by atoms with van der Waals surface area (Å²) in [7, 11) is -1.55. The van der Waals surface area contributed by atoms with Crippen molar-refractivity contribution >= 4 is 38.9 Å². The first kappa shape index (κ1) is 61.9. The van der Waals surface area contributed by atoms with Crippen molar-refractivity contribution in [2.24, 2.45) is 33.8 Å². The van der Waals surface area contributed by atoms with Crippen LogP contribution in [-0.4, -0.2) is 176 Å². The average Bonchev–Trinajstić information content (AvgIpc) is 4.24. The second-order valence-corrected chi connectivity index (χ2v) is 24.2. The van der Waals surface area contributed by atoms with E-state index in [9.17, 15) is 37.4 Å². The molecule has 2 bridgehead atoms. The van der Waals surface area contributed by atoms with Crippen LogP contribution in [0.2, 0.25) is 0 Å². The van der Waals surface area contributed by atoms with E-state index in [-0.39, 0.29) is 49.7 Å². The van der Waals surface area contributed by atoms with E-state index >= 15 is 0 Å². The number of ketones is 1. The van der Waals surface area contributed by atoms with E-state index in [1.54, 1.807) is 81.4 Å². The van der Waals surface area contributed by atoms with Crippen molar-refractivity contribution in [1.82, 2.24) is 34.7 Å². The third-order valence-corrected chi connectivity index (χ3v) is 16.8. The Bertz CT molecular complexity index is 2910. The minimum absolute atomic E-state index is 0.0508. The number of fused-ring (bicyclic) bond motifs is 5. The molecule has 0 radical (unpaired) electrons. The number of aliphatic imine (C=N–C) groups is 1. The molecule has 0 aliphatic carbocycles. The van der Waals surface area contributed by atoms with Crippen LogP contribution in [0.15, 0.2) is 82.3 Å². The topological polar surface area (TPSA) is 271 Å². The number of amides is 1.